The number of hydrogen-bond acceptors (Lipinski definition) is 7. The van der Waals surface area contributed by atoms with Crippen LogP contribution in [0.5, 0.6) is 5.75 Å². The zero-order valence-corrected chi connectivity index (χ0v) is 25.4. The number of carboxylic acid groups (broad SMARTS) is 1. The lowest BCUT2D eigenvalue weighted by Crippen LogP contribution is -2.17. The number of halogens is 1. The normalized spacial score (nSPS) is 13.7. The number of carbonyl (C=O) groups is 2. The Balaban J connectivity index is 1.19. The summed E-state index contributed by atoms with van der Waals surface area (Å²) in [6.07, 6.45) is 6.24. The number of imidazole rings is 1. The molecule has 1 amide bonds. The Morgan fingerprint density at radius 3 is 2.42 bits per heavy atom. The number of amides is 1. The standard InChI is InChI=1S/C34H33FN4O5S/c35-24-11-6-21(7-12-24)32-29(45-31(38-32)20-43-19-30(36)40)16-17-44-26-13-8-22(9-14-26)33-37-27-18-23(34(41)42)10-15-28(27)39(33)25-4-2-1-3-5-25/h6-15,18,25H,1-5,16-17,19-20H2,(H2,36,40)(H,41,42). The fourth-order valence-electron chi connectivity index (χ4n) is 5.81. The first kappa shape index (κ1) is 30.4. The van der Waals surface area contributed by atoms with Crippen LogP contribution in [-0.2, 0) is 22.6 Å². The number of hydrogen-bond donors (Lipinski definition) is 2. The van der Waals surface area contributed by atoms with Gasteiger partial charge in [0.1, 0.15) is 29.0 Å². The Morgan fingerprint density at radius 2 is 1.71 bits per heavy atom. The van der Waals surface area contributed by atoms with E-state index in [0.717, 1.165) is 58.7 Å². The quantitative estimate of drug-likeness (QED) is 0.156. The molecule has 0 spiro atoms. The fourth-order valence-corrected chi connectivity index (χ4v) is 6.82. The van der Waals surface area contributed by atoms with Gasteiger partial charge in [0.25, 0.3) is 0 Å². The van der Waals surface area contributed by atoms with Crippen molar-refractivity contribution in [2.24, 2.45) is 5.73 Å². The predicted octanol–water partition coefficient (Wildman–Crippen LogP) is 6.79. The van der Waals surface area contributed by atoms with Crippen LogP contribution in [0.4, 0.5) is 4.39 Å². The number of aromatic carboxylic acids is 1. The summed E-state index contributed by atoms with van der Waals surface area (Å²) < 4.78 is 27.3. The van der Waals surface area contributed by atoms with Crippen molar-refractivity contribution in [2.45, 2.75) is 51.2 Å². The SMILES string of the molecule is NC(=O)COCc1nc(-c2ccc(F)cc2)c(CCOc2ccc(-c3nc4cc(C(=O)O)ccc4n3C3CCCCC3)cc2)s1. The van der Waals surface area contributed by atoms with E-state index in [1.807, 2.05) is 30.3 Å². The Labute approximate surface area is 263 Å². The number of aromatic nitrogens is 3. The van der Waals surface area contributed by atoms with Crippen LogP contribution in [0, 0.1) is 5.82 Å². The number of primary amides is 1. The second-order valence-corrected chi connectivity index (χ2v) is 12.2. The highest BCUT2D eigenvalue weighted by Crippen LogP contribution is 2.37. The monoisotopic (exact) mass is 628 g/mol. The summed E-state index contributed by atoms with van der Waals surface area (Å²) in [7, 11) is 0. The molecule has 0 atom stereocenters. The summed E-state index contributed by atoms with van der Waals surface area (Å²) >= 11 is 1.46. The minimum Gasteiger partial charge on any atom is -0.493 e. The number of nitrogens with two attached hydrogens (primary N) is 1. The number of nitrogens with zero attached hydrogens (tertiary/aromatic N) is 3. The number of ether oxygens (including phenoxy) is 2. The molecule has 1 fully saturated rings. The molecule has 45 heavy (non-hydrogen) atoms. The zero-order valence-electron chi connectivity index (χ0n) is 24.6. The maximum Gasteiger partial charge on any atom is 0.335 e. The molecule has 0 aliphatic heterocycles. The molecule has 1 aliphatic carbocycles. The summed E-state index contributed by atoms with van der Waals surface area (Å²) in [5.41, 5.74) is 9.47. The maximum atomic E-state index is 13.6. The predicted molar refractivity (Wildman–Crippen MR) is 170 cm³/mol. The smallest absolute Gasteiger partial charge is 0.335 e. The molecule has 1 aliphatic rings. The highest BCUT2D eigenvalue weighted by atomic mass is 32.1. The van der Waals surface area contributed by atoms with Gasteiger partial charge in [0, 0.05) is 28.5 Å². The van der Waals surface area contributed by atoms with Gasteiger partial charge >= 0.3 is 5.97 Å². The van der Waals surface area contributed by atoms with Crippen molar-refractivity contribution in [3.05, 3.63) is 88.0 Å². The molecule has 3 N–H and O–H groups in total. The third kappa shape index (κ3) is 7.05. The largest absolute Gasteiger partial charge is 0.493 e. The second kappa shape index (κ2) is 13.6. The number of carbonyl (C=O) groups excluding carboxylic acids is 1. The molecule has 2 heterocycles. The minimum absolute atomic E-state index is 0.146. The van der Waals surface area contributed by atoms with Gasteiger partial charge in [0.15, 0.2) is 0 Å². The topological polar surface area (TPSA) is 130 Å². The van der Waals surface area contributed by atoms with Crippen LogP contribution in [0.15, 0.2) is 66.7 Å². The molecule has 0 bridgehead atoms. The zero-order chi connectivity index (χ0) is 31.3. The lowest BCUT2D eigenvalue weighted by atomic mass is 9.95. The van der Waals surface area contributed by atoms with E-state index >= 15 is 0 Å². The molecule has 9 nitrogen and oxygen atoms in total. The van der Waals surface area contributed by atoms with E-state index < -0.39 is 11.9 Å². The van der Waals surface area contributed by atoms with Gasteiger partial charge in [-0.05, 0) is 79.6 Å². The first-order chi connectivity index (χ1) is 21.9. The van der Waals surface area contributed by atoms with E-state index in [9.17, 15) is 19.1 Å². The van der Waals surface area contributed by atoms with Crippen molar-refractivity contribution in [2.75, 3.05) is 13.2 Å². The van der Waals surface area contributed by atoms with Crippen LogP contribution >= 0.6 is 11.3 Å². The van der Waals surface area contributed by atoms with Crippen LogP contribution in [0.2, 0.25) is 0 Å². The highest BCUT2D eigenvalue weighted by molar-refractivity contribution is 7.12. The van der Waals surface area contributed by atoms with Gasteiger partial charge in [-0.15, -0.1) is 11.3 Å². The minimum atomic E-state index is -0.970. The highest BCUT2D eigenvalue weighted by Gasteiger charge is 2.23. The first-order valence-corrected chi connectivity index (χ1v) is 15.8. The van der Waals surface area contributed by atoms with Gasteiger partial charge < -0.3 is 24.9 Å². The summed E-state index contributed by atoms with van der Waals surface area (Å²) in [5, 5.41) is 10.2. The average molecular weight is 629 g/mol. The van der Waals surface area contributed by atoms with Gasteiger partial charge in [0.05, 0.1) is 35.5 Å². The second-order valence-electron chi connectivity index (χ2n) is 11.1. The van der Waals surface area contributed by atoms with E-state index in [0.29, 0.717) is 35.3 Å². The molecule has 3 aromatic carbocycles. The number of carboxylic acids is 1. The first-order valence-electron chi connectivity index (χ1n) is 14.9. The summed E-state index contributed by atoms with van der Waals surface area (Å²) in [4.78, 5) is 33.2. The molecule has 2 aromatic heterocycles. The number of rotatable bonds is 12. The summed E-state index contributed by atoms with van der Waals surface area (Å²) in [6, 6.07) is 19.4. The molecule has 0 saturated heterocycles. The summed E-state index contributed by atoms with van der Waals surface area (Å²) in [5.74, 6) is -0.325. The molecule has 5 aromatic rings. The maximum absolute atomic E-state index is 13.6. The van der Waals surface area contributed by atoms with Gasteiger partial charge in [-0.1, -0.05) is 19.3 Å². The van der Waals surface area contributed by atoms with Crippen LogP contribution in [0.1, 0.15) is 58.4 Å². The van der Waals surface area contributed by atoms with E-state index in [1.54, 1.807) is 24.3 Å². The summed E-state index contributed by atoms with van der Waals surface area (Å²) in [6.45, 7) is 0.337. The van der Waals surface area contributed by atoms with Crippen molar-refractivity contribution in [1.29, 1.82) is 0 Å². The van der Waals surface area contributed by atoms with Crippen molar-refractivity contribution in [1.82, 2.24) is 14.5 Å². The molecular formula is C34H33FN4O5S. The van der Waals surface area contributed by atoms with Crippen molar-refractivity contribution >= 4 is 34.2 Å². The molecule has 11 heteroatoms. The van der Waals surface area contributed by atoms with Crippen molar-refractivity contribution in [3.8, 4) is 28.4 Å². The lowest BCUT2D eigenvalue weighted by Gasteiger charge is -2.25. The molecule has 0 unspecified atom stereocenters. The van der Waals surface area contributed by atoms with Crippen LogP contribution in [-0.4, -0.2) is 44.7 Å². The van der Waals surface area contributed by atoms with Gasteiger partial charge in [-0.2, -0.15) is 0 Å². The van der Waals surface area contributed by atoms with E-state index in [1.165, 1.54) is 29.9 Å². The van der Waals surface area contributed by atoms with E-state index in [4.69, 9.17) is 20.2 Å². The van der Waals surface area contributed by atoms with Crippen molar-refractivity contribution in [3.63, 3.8) is 0 Å². The van der Waals surface area contributed by atoms with Crippen LogP contribution in [0.3, 0.4) is 0 Å². The number of fused-ring (bicyclic) bond motifs is 1. The van der Waals surface area contributed by atoms with Crippen molar-refractivity contribution < 1.29 is 28.6 Å². The molecular weight excluding hydrogens is 595 g/mol. The Hall–Kier alpha value is -4.61. The van der Waals surface area contributed by atoms with E-state index in [-0.39, 0.29) is 24.6 Å². The molecule has 1 saturated carbocycles. The third-order valence-electron chi connectivity index (χ3n) is 7.92. The third-order valence-corrected chi connectivity index (χ3v) is 9.00. The van der Waals surface area contributed by atoms with E-state index in [2.05, 4.69) is 9.55 Å². The van der Waals surface area contributed by atoms with Gasteiger partial charge in [0.2, 0.25) is 5.91 Å². The number of thiazole rings is 1. The average Bonchev–Trinajstić information content (AvgIpc) is 3.63. The lowest BCUT2D eigenvalue weighted by molar-refractivity contribution is -0.122. The Bertz CT molecular complexity index is 1810. The Kier molecular flexibility index (Phi) is 9.18. The van der Waals surface area contributed by atoms with Crippen LogP contribution in [0.25, 0.3) is 33.7 Å². The fraction of sp³-hybridized carbons (Fsp3) is 0.294. The molecule has 0 radical (unpaired) electrons. The molecule has 232 valence electrons. The van der Waals surface area contributed by atoms with Gasteiger partial charge in [-0.25, -0.2) is 19.2 Å². The molecule has 6 rings (SSSR count). The Morgan fingerprint density at radius 1 is 0.978 bits per heavy atom. The number of benzene rings is 3. The van der Waals surface area contributed by atoms with Gasteiger partial charge in [-0.3, -0.25) is 4.79 Å². The van der Waals surface area contributed by atoms with Crippen LogP contribution < -0.4 is 10.5 Å².